The number of aromatic nitrogens is 1. The largest absolute Gasteiger partial charge is 0.441 e. The summed E-state index contributed by atoms with van der Waals surface area (Å²) in [6, 6.07) is 8.13. The first kappa shape index (κ1) is 19.5. The fourth-order valence-corrected chi connectivity index (χ4v) is 4.51. The van der Waals surface area contributed by atoms with Gasteiger partial charge in [-0.2, -0.15) is 0 Å². The van der Waals surface area contributed by atoms with E-state index in [1.165, 1.54) is 5.56 Å². The first-order valence-electron chi connectivity index (χ1n) is 9.71. The van der Waals surface area contributed by atoms with E-state index in [9.17, 15) is 4.79 Å². The minimum atomic E-state index is -0.436. The number of hydrogen-bond donors (Lipinski definition) is 0. The lowest BCUT2D eigenvalue weighted by atomic mass is 10.0. The van der Waals surface area contributed by atoms with Crippen molar-refractivity contribution in [1.29, 1.82) is 0 Å². The van der Waals surface area contributed by atoms with Crippen LogP contribution in [0.4, 0.5) is 0 Å². The molecule has 3 heterocycles. The number of benzene rings is 1. The molecule has 150 valence electrons. The van der Waals surface area contributed by atoms with Gasteiger partial charge in [0.1, 0.15) is 5.76 Å². The molecule has 1 amide bonds. The minimum absolute atomic E-state index is 0.165. The molecule has 2 fully saturated rings. The Morgan fingerprint density at radius 3 is 2.50 bits per heavy atom. The molecule has 1 spiro atoms. The maximum atomic E-state index is 12.5. The average molecular weight is 403 g/mol. The normalized spacial score (nSPS) is 18.7. The van der Waals surface area contributed by atoms with E-state index in [-0.39, 0.29) is 5.91 Å². The van der Waals surface area contributed by atoms with Crippen LogP contribution < -0.4 is 0 Å². The molecule has 0 radical (unpaired) electrons. The molecule has 2 aliphatic rings. The molecule has 0 unspecified atom stereocenters. The summed E-state index contributed by atoms with van der Waals surface area (Å²) in [5.41, 5.74) is 3.08. The molecule has 0 saturated carbocycles. The van der Waals surface area contributed by atoms with Crippen LogP contribution >= 0.6 is 11.8 Å². The highest BCUT2D eigenvalue weighted by atomic mass is 32.2. The summed E-state index contributed by atoms with van der Waals surface area (Å²) in [5, 5.41) is 0. The van der Waals surface area contributed by atoms with Crippen LogP contribution in [0.5, 0.6) is 0 Å². The van der Waals surface area contributed by atoms with Gasteiger partial charge in [-0.15, -0.1) is 11.8 Å². The Balaban J connectivity index is 1.27. The Bertz CT molecular complexity index is 817. The van der Waals surface area contributed by atoms with Gasteiger partial charge in [0, 0.05) is 37.2 Å². The predicted octanol–water partition coefficient (Wildman–Crippen LogP) is 3.56. The molecule has 0 aliphatic carbocycles. The topological polar surface area (TPSA) is 64.8 Å². The first-order chi connectivity index (χ1) is 13.5. The van der Waals surface area contributed by atoms with Gasteiger partial charge in [-0.25, -0.2) is 4.98 Å². The van der Waals surface area contributed by atoms with Crippen molar-refractivity contribution in [3.63, 3.8) is 0 Å². The third kappa shape index (κ3) is 4.26. The van der Waals surface area contributed by atoms with Gasteiger partial charge in [-0.1, -0.05) is 17.7 Å². The van der Waals surface area contributed by atoms with E-state index < -0.39 is 5.79 Å². The number of carbonyl (C=O) groups excluding carboxylic acids is 1. The molecule has 7 heteroatoms. The maximum Gasteiger partial charge on any atom is 0.232 e. The van der Waals surface area contributed by atoms with Crippen molar-refractivity contribution in [3.05, 3.63) is 41.3 Å². The van der Waals surface area contributed by atoms with Gasteiger partial charge in [0.2, 0.25) is 11.8 Å². The molecule has 28 heavy (non-hydrogen) atoms. The van der Waals surface area contributed by atoms with E-state index >= 15 is 0 Å². The average Bonchev–Trinajstić information content (AvgIpc) is 3.30. The number of oxazole rings is 1. The summed E-state index contributed by atoms with van der Waals surface area (Å²) in [5.74, 6) is 2.28. The number of likely N-dealkylation sites (tertiary alicyclic amines) is 1. The summed E-state index contributed by atoms with van der Waals surface area (Å²) in [7, 11) is 0. The van der Waals surface area contributed by atoms with Crippen molar-refractivity contribution in [3.8, 4) is 11.5 Å². The Hall–Kier alpha value is -1.83. The second-order valence-corrected chi connectivity index (χ2v) is 8.35. The van der Waals surface area contributed by atoms with Crippen LogP contribution in [0.2, 0.25) is 0 Å². The van der Waals surface area contributed by atoms with Crippen LogP contribution in [0.15, 0.2) is 28.7 Å². The number of rotatable bonds is 5. The van der Waals surface area contributed by atoms with E-state index in [0.717, 1.165) is 29.9 Å². The molecule has 0 atom stereocenters. The van der Waals surface area contributed by atoms with Gasteiger partial charge in [0.25, 0.3) is 0 Å². The number of nitrogens with zero attached hydrogens (tertiary/aromatic N) is 2. The van der Waals surface area contributed by atoms with Crippen molar-refractivity contribution in [2.45, 2.75) is 38.2 Å². The van der Waals surface area contributed by atoms with Crippen molar-refractivity contribution >= 4 is 17.7 Å². The SMILES string of the molecule is Cc1ccc(-c2nc(CSCC(=O)N3CCC4(CC3)OCCO4)c(C)o2)cc1. The van der Waals surface area contributed by atoms with E-state index in [4.69, 9.17) is 13.9 Å². The standard InChI is InChI=1S/C21H26N2O4S/c1-15-3-5-17(6-4-15)20-22-18(16(2)27-20)13-28-14-19(24)23-9-7-21(8-10-23)25-11-12-26-21/h3-6H,7-14H2,1-2H3. The molecule has 1 aromatic heterocycles. The first-order valence-corrected chi connectivity index (χ1v) is 10.9. The van der Waals surface area contributed by atoms with Gasteiger partial charge in [-0.3, -0.25) is 4.79 Å². The lowest BCUT2D eigenvalue weighted by Crippen LogP contribution is -2.47. The van der Waals surface area contributed by atoms with Crippen molar-refractivity contribution in [2.24, 2.45) is 0 Å². The molecule has 2 aliphatic heterocycles. The molecule has 0 bridgehead atoms. The predicted molar refractivity (Wildman–Crippen MR) is 108 cm³/mol. The number of amides is 1. The zero-order chi connectivity index (χ0) is 19.6. The summed E-state index contributed by atoms with van der Waals surface area (Å²) >= 11 is 1.58. The van der Waals surface area contributed by atoms with Crippen molar-refractivity contribution in [1.82, 2.24) is 9.88 Å². The van der Waals surface area contributed by atoms with Gasteiger partial charge in [-0.05, 0) is 26.0 Å². The van der Waals surface area contributed by atoms with Crippen molar-refractivity contribution < 1.29 is 18.7 Å². The molecular formula is C21H26N2O4S. The quantitative estimate of drug-likeness (QED) is 0.762. The van der Waals surface area contributed by atoms with Gasteiger partial charge >= 0.3 is 0 Å². The zero-order valence-electron chi connectivity index (χ0n) is 16.4. The van der Waals surface area contributed by atoms with E-state index in [1.807, 2.05) is 36.1 Å². The Labute approximate surface area is 169 Å². The third-order valence-corrected chi connectivity index (χ3v) is 6.28. The molecule has 1 aromatic carbocycles. The van der Waals surface area contributed by atoms with Crippen LogP contribution in [0, 0.1) is 13.8 Å². The van der Waals surface area contributed by atoms with E-state index in [2.05, 4.69) is 11.9 Å². The number of thioether (sulfide) groups is 1. The van der Waals surface area contributed by atoms with Gasteiger partial charge in [0.15, 0.2) is 5.79 Å². The Morgan fingerprint density at radius 1 is 1.14 bits per heavy atom. The molecule has 4 rings (SSSR count). The number of piperidine rings is 1. The van der Waals surface area contributed by atoms with Crippen LogP contribution in [0.25, 0.3) is 11.5 Å². The second-order valence-electron chi connectivity index (χ2n) is 7.37. The molecule has 0 N–H and O–H groups in total. The highest BCUT2D eigenvalue weighted by molar-refractivity contribution is 7.99. The fourth-order valence-electron chi connectivity index (χ4n) is 3.59. The smallest absolute Gasteiger partial charge is 0.232 e. The molecular weight excluding hydrogens is 376 g/mol. The van der Waals surface area contributed by atoms with Crippen LogP contribution in [0.1, 0.15) is 29.9 Å². The third-order valence-electron chi connectivity index (χ3n) is 5.35. The van der Waals surface area contributed by atoms with E-state index in [1.54, 1.807) is 11.8 Å². The van der Waals surface area contributed by atoms with E-state index in [0.29, 0.717) is 43.7 Å². The highest BCUT2D eigenvalue weighted by Gasteiger charge is 2.40. The van der Waals surface area contributed by atoms with Gasteiger partial charge < -0.3 is 18.8 Å². The lowest BCUT2D eigenvalue weighted by molar-refractivity contribution is -0.186. The highest BCUT2D eigenvalue weighted by Crippen LogP contribution is 2.31. The molecule has 6 nitrogen and oxygen atoms in total. The minimum Gasteiger partial charge on any atom is -0.441 e. The van der Waals surface area contributed by atoms with Crippen LogP contribution in [0.3, 0.4) is 0 Å². The van der Waals surface area contributed by atoms with Gasteiger partial charge in [0.05, 0.1) is 24.7 Å². The summed E-state index contributed by atoms with van der Waals surface area (Å²) in [6.45, 7) is 6.69. The number of hydrogen-bond acceptors (Lipinski definition) is 6. The van der Waals surface area contributed by atoms with Crippen LogP contribution in [-0.4, -0.2) is 53.6 Å². The van der Waals surface area contributed by atoms with Crippen LogP contribution in [-0.2, 0) is 20.0 Å². The number of aryl methyl sites for hydroxylation is 2. The summed E-state index contributed by atoms with van der Waals surface area (Å²) < 4.78 is 17.3. The second kappa shape index (κ2) is 8.27. The Morgan fingerprint density at radius 2 is 1.82 bits per heavy atom. The summed E-state index contributed by atoms with van der Waals surface area (Å²) in [6.07, 6.45) is 1.51. The molecule has 2 saturated heterocycles. The van der Waals surface area contributed by atoms with Crippen molar-refractivity contribution in [2.75, 3.05) is 32.1 Å². The molecule has 2 aromatic rings. The number of ether oxygens (including phenoxy) is 2. The lowest BCUT2D eigenvalue weighted by Gasteiger charge is -2.37. The monoisotopic (exact) mass is 402 g/mol. The zero-order valence-corrected chi connectivity index (χ0v) is 17.2. The summed E-state index contributed by atoms with van der Waals surface area (Å²) in [4.78, 5) is 19.0. The Kier molecular flexibility index (Phi) is 5.75. The maximum absolute atomic E-state index is 12.5. The number of carbonyl (C=O) groups is 1. The fraction of sp³-hybridized carbons (Fsp3) is 0.524.